The molecular formula is C14H14Cl2N2O4. The molecule has 0 radical (unpaired) electrons. The van der Waals surface area contributed by atoms with Crippen LogP contribution in [0.15, 0.2) is 18.2 Å². The number of nitrogens with zero attached hydrogens (tertiary/aromatic N) is 1. The standard InChI is InChI=1S/C14H14Cl2N2O4/c1-14(2)12(20)18(13(21)17-14)6-11(19)22-7-8-9(15)4-3-5-10(8)16/h3-5H,6-7H2,1-2H3,(H,17,21). The molecule has 0 aromatic heterocycles. The molecule has 1 aliphatic heterocycles. The van der Waals surface area contributed by atoms with Crippen LogP contribution in [0.3, 0.4) is 0 Å². The predicted octanol–water partition coefficient (Wildman–Crippen LogP) is 2.37. The number of benzene rings is 1. The second kappa shape index (κ2) is 6.14. The second-order valence-electron chi connectivity index (χ2n) is 5.31. The van der Waals surface area contributed by atoms with Gasteiger partial charge in [0.25, 0.3) is 5.91 Å². The van der Waals surface area contributed by atoms with E-state index in [1.54, 1.807) is 32.0 Å². The maximum atomic E-state index is 11.9. The lowest BCUT2D eigenvalue weighted by molar-refractivity contribution is -0.148. The van der Waals surface area contributed by atoms with Crippen LogP contribution < -0.4 is 5.32 Å². The number of urea groups is 1. The second-order valence-corrected chi connectivity index (χ2v) is 6.12. The van der Waals surface area contributed by atoms with Gasteiger partial charge in [-0.25, -0.2) is 4.79 Å². The zero-order valence-corrected chi connectivity index (χ0v) is 13.5. The van der Waals surface area contributed by atoms with E-state index in [4.69, 9.17) is 27.9 Å². The SMILES string of the molecule is CC1(C)NC(=O)N(CC(=O)OCc2c(Cl)cccc2Cl)C1=O. The molecule has 1 aromatic carbocycles. The summed E-state index contributed by atoms with van der Waals surface area (Å²) in [5, 5.41) is 3.22. The number of rotatable bonds is 4. The maximum absolute atomic E-state index is 11.9. The topological polar surface area (TPSA) is 75.7 Å². The highest BCUT2D eigenvalue weighted by atomic mass is 35.5. The summed E-state index contributed by atoms with van der Waals surface area (Å²) in [6.07, 6.45) is 0. The summed E-state index contributed by atoms with van der Waals surface area (Å²) in [4.78, 5) is 36.2. The van der Waals surface area contributed by atoms with Crippen LogP contribution in [0.4, 0.5) is 4.79 Å². The first-order valence-electron chi connectivity index (χ1n) is 6.45. The number of hydrogen-bond donors (Lipinski definition) is 1. The Labute approximate surface area is 137 Å². The Hall–Kier alpha value is -1.79. The lowest BCUT2D eigenvalue weighted by Crippen LogP contribution is -2.41. The van der Waals surface area contributed by atoms with Crippen LogP contribution >= 0.6 is 23.2 Å². The van der Waals surface area contributed by atoms with Gasteiger partial charge < -0.3 is 10.1 Å². The van der Waals surface area contributed by atoms with E-state index < -0.39 is 30.0 Å². The van der Waals surface area contributed by atoms with Crippen molar-refractivity contribution in [3.8, 4) is 0 Å². The first-order valence-corrected chi connectivity index (χ1v) is 7.20. The van der Waals surface area contributed by atoms with Crippen LogP contribution in [0.5, 0.6) is 0 Å². The molecule has 6 nitrogen and oxygen atoms in total. The van der Waals surface area contributed by atoms with E-state index in [2.05, 4.69) is 5.32 Å². The number of carbonyl (C=O) groups excluding carboxylic acids is 3. The summed E-state index contributed by atoms with van der Waals surface area (Å²) in [6.45, 7) is 2.52. The number of ether oxygens (including phenoxy) is 1. The number of nitrogens with one attached hydrogen (secondary N) is 1. The molecule has 2 rings (SSSR count). The summed E-state index contributed by atoms with van der Waals surface area (Å²) in [5.41, 5.74) is -0.555. The summed E-state index contributed by atoms with van der Waals surface area (Å²) >= 11 is 11.9. The summed E-state index contributed by atoms with van der Waals surface area (Å²) in [7, 11) is 0. The Bertz CT molecular complexity index is 625. The largest absolute Gasteiger partial charge is 0.459 e. The highest BCUT2D eigenvalue weighted by Gasteiger charge is 2.45. The van der Waals surface area contributed by atoms with E-state index >= 15 is 0 Å². The fourth-order valence-corrected chi connectivity index (χ4v) is 2.47. The maximum Gasteiger partial charge on any atom is 0.326 e. The van der Waals surface area contributed by atoms with Crippen molar-refractivity contribution >= 4 is 41.1 Å². The Morgan fingerprint density at radius 3 is 2.36 bits per heavy atom. The highest BCUT2D eigenvalue weighted by molar-refractivity contribution is 6.35. The summed E-state index contributed by atoms with van der Waals surface area (Å²) < 4.78 is 5.03. The van der Waals surface area contributed by atoms with Crippen molar-refractivity contribution in [2.45, 2.75) is 26.0 Å². The molecule has 0 bridgehead atoms. The molecule has 8 heteroatoms. The molecule has 0 unspecified atom stereocenters. The van der Waals surface area contributed by atoms with Crippen LogP contribution in [0, 0.1) is 0 Å². The van der Waals surface area contributed by atoms with Crippen molar-refractivity contribution in [3.63, 3.8) is 0 Å². The first kappa shape index (κ1) is 16.6. The molecule has 1 aromatic rings. The molecule has 3 amide bonds. The molecule has 1 saturated heterocycles. The van der Waals surface area contributed by atoms with Crippen molar-refractivity contribution in [2.24, 2.45) is 0 Å². The number of halogens is 2. The molecule has 0 spiro atoms. The van der Waals surface area contributed by atoms with Crippen LogP contribution in [0.25, 0.3) is 0 Å². The quantitative estimate of drug-likeness (QED) is 0.672. The normalized spacial score (nSPS) is 16.6. The lowest BCUT2D eigenvalue weighted by Gasteiger charge is -2.15. The molecule has 1 N–H and O–H groups in total. The van der Waals surface area contributed by atoms with Gasteiger partial charge in [-0.15, -0.1) is 0 Å². The Morgan fingerprint density at radius 2 is 1.86 bits per heavy atom. The molecule has 1 aliphatic rings. The third kappa shape index (κ3) is 3.34. The number of carbonyl (C=O) groups is 3. The molecular weight excluding hydrogens is 331 g/mol. The van der Waals surface area contributed by atoms with E-state index in [1.165, 1.54) is 0 Å². The average molecular weight is 345 g/mol. The molecule has 22 heavy (non-hydrogen) atoms. The third-order valence-corrected chi connectivity index (χ3v) is 3.88. The van der Waals surface area contributed by atoms with Gasteiger partial charge in [0.15, 0.2) is 0 Å². The molecule has 0 aliphatic carbocycles. The molecule has 1 fully saturated rings. The van der Waals surface area contributed by atoms with Crippen LogP contribution in [0.2, 0.25) is 10.0 Å². The lowest BCUT2D eigenvalue weighted by atomic mass is 10.1. The minimum atomic E-state index is -1.02. The molecule has 0 atom stereocenters. The summed E-state index contributed by atoms with van der Waals surface area (Å²) in [5.74, 6) is -1.21. The number of amides is 3. The van der Waals surface area contributed by atoms with Crippen LogP contribution in [0.1, 0.15) is 19.4 Å². The van der Waals surface area contributed by atoms with E-state index in [0.717, 1.165) is 4.90 Å². The molecule has 118 valence electrons. The monoisotopic (exact) mass is 344 g/mol. The number of esters is 1. The fourth-order valence-electron chi connectivity index (χ4n) is 1.96. The van der Waals surface area contributed by atoms with Gasteiger partial charge in [-0.05, 0) is 26.0 Å². The van der Waals surface area contributed by atoms with Gasteiger partial charge in [-0.3, -0.25) is 14.5 Å². The Kier molecular flexibility index (Phi) is 4.63. The van der Waals surface area contributed by atoms with Gasteiger partial charge in [0.2, 0.25) is 0 Å². The zero-order valence-electron chi connectivity index (χ0n) is 12.0. The molecule has 1 heterocycles. The van der Waals surface area contributed by atoms with E-state index in [-0.39, 0.29) is 6.61 Å². The fraction of sp³-hybridized carbons (Fsp3) is 0.357. The number of hydrogen-bond acceptors (Lipinski definition) is 4. The minimum Gasteiger partial charge on any atom is -0.459 e. The Morgan fingerprint density at radius 1 is 1.27 bits per heavy atom. The Balaban J connectivity index is 1.97. The van der Waals surface area contributed by atoms with Gasteiger partial charge in [-0.2, -0.15) is 0 Å². The average Bonchev–Trinajstić information content (AvgIpc) is 2.60. The van der Waals surface area contributed by atoms with E-state index in [0.29, 0.717) is 15.6 Å². The van der Waals surface area contributed by atoms with E-state index in [9.17, 15) is 14.4 Å². The first-order chi connectivity index (χ1) is 10.2. The van der Waals surface area contributed by atoms with Gasteiger partial charge in [0, 0.05) is 15.6 Å². The van der Waals surface area contributed by atoms with E-state index in [1.807, 2.05) is 0 Å². The van der Waals surface area contributed by atoms with Crippen molar-refractivity contribution in [1.82, 2.24) is 10.2 Å². The third-order valence-electron chi connectivity index (χ3n) is 3.17. The smallest absolute Gasteiger partial charge is 0.326 e. The van der Waals surface area contributed by atoms with Crippen molar-refractivity contribution in [2.75, 3.05) is 6.54 Å². The van der Waals surface area contributed by atoms with Crippen LogP contribution in [-0.4, -0.2) is 34.9 Å². The minimum absolute atomic E-state index is 0.135. The number of imide groups is 1. The zero-order chi connectivity index (χ0) is 16.5. The van der Waals surface area contributed by atoms with Crippen molar-refractivity contribution < 1.29 is 19.1 Å². The highest BCUT2D eigenvalue weighted by Crippen LogP contribution is 2.25. The van der Waals surface area contributed by atoms with Gasteiger partial charge >= 0.3 is 12.0 Å². The van der Waals surface area contributed by atoms with Crippen LogP contribution in [-0.2, 0) is 20.9 Å². The van der Waals surface area contributed by atoms with Gasteiger partial charge in [-0.1, -0.05) is 29.3 Å². The van der Waals surface area contributed by atoms with Gasteiger partial charge in [0.1, 0.15) is 18.7 Å². The molecule has 0 saturated carbocycles. The summed E-state index contributed by atoms with van der Waals surface area (Å²) in [6, 6.07) is 4.29. The van der Waals surface area contributed by atoms with Crippen molar-refractivity contribution in [3.05, 3.63) is 33.8 Å². The van der Waals surface area contributed by atoms with Crippen molar-refractivity contribution in [1.29, 1.82) is 0 Å². The van der Waals surface area contributed by atoms with Gasteiger partial charge in [0.05, 0.1) is 0 Å². The predicted molar refractivity (Wildman–Crippen MR) is 80.6 cm³/mol.